The van der Waals surface area contributed by atoms with E-state index in [0.717, 1.165) is 18.4 Å². The summed E-state index contributed by atoms with van der Waals surface area (Å²) in [6.45, 7) is 3.20. The van der Waals surface area contributed by atoms with Gasteiger partial charge in [0.15, 0.2) is 0 Å². The summed E-state index contributed by atoms with van der Waals surface area (Å²) in [5.41, 5.74) is 0. The minimum absolute atomic E-state index is 0.712. The van der Waals surface area contributed by atoms with Crippen LogP contribution in [-0.4, -0.2) is 26.0 Å². The third kappa shape index (κ3) is 1.46. The number of amides is 1. The molecule has 0 aromatic carbocycles. The topological polar surface area (TPSA) is 41.1 Å². The van der Waals surface area contributed by atoms with Gasteiger partial charge in [0.2, 0.25) is 0 Å². The first-order valence-electron chi connectivity index (χ1n) is 4.71. The number of hydrogen-bond donors (Lipinski definition) is 2. The third-order valence-electron chi connectivity index (χ3n) is 3.21. The Morgan fingerprint density at radius 1 is 1.33 bits per heavy atom. The Hall–Kier alpha value is -0.570. The van der Waals surface area contributed by atoms with Crippen LogP contribution in [0.3, 0.4) is 0 Å². The molecule has 2 fully saturated rings. The van der Waals surface area contributed by atoms with Crippen LogP contribution in [0.4, 0.5) is 0 Å². The monoisotopic (exact) mass is 167 g/mol. The van der Waals surface area contributed by atoms with Gasteiger partial charge in [-0.05, 0) is 43.7 Å². The molecule has 1 heterocycles. The molecular weight excluding hydrogens is 152 g/mol. The molecule has 1 aliphatic carbocycles. The van der Waals surface area contributed by atoms with Crippen LogP contribution in [0, 0.1) is 17.8 Å². The highest BCUT2D eigenvalue weighted by atomic mass is 16.1. The van der Waals surface area contributed by atoms with Gasteiger partial charge in [-0.15, -0.1) is 0 Å². The van der Waals surface area contributed by atoms with Crippen molar-refractivity contribution in [3.63, 3.8) is 0 Å². The van der Waals surface area contributed by atoms with Crippen molar-refractivity contribution in [3.05, 3.63) is 0 Å². The van der Waals surface area contributed by atoms with Crippen molar-refractivity contribution in [2.75, 3.05) is 19.6 Å². The average molecular weight is 167 g/mol. The Labute approximate surface area is 72.9 Å². The van der Waals surface area contributed by atoms with E-state index in [2.05, 4.69) is 10.6 Å². The van der Waals surface area contributed by atoms with Crippen molar-refractivity contribution in [3.8, 4) is 0 Å². The van der Waals surface area contributed by atoms with Crippen LogP contribution in [-0.2, 0) is 4.79 Å². The zero-order chi connectivity index (χ0) is 8.39. The maximum Gasteiger partial charge on any atom is 0.309 e. The van der Waals surface area contributed by atoms with Crippen molar-refractivity contribution < 1.29 is 4.79 Å². The zero-order valence-corrected chi connectivity index (χ0v) is 7.18. The summed E-state index contributed by atoms with van der Waals surface area (Å²) >= 11 is 0. The Morgan fingerprint density at radius 3 is 2.58 bits per heavy atom. The lowest BCUT2D eigenvalue weighted by atomic mass is 10.0. The quantitative estimate of drug-likeness (QED) is 0.576. The van der Waals surface area contributed by atoms with Gasteiger partial charge in [-0.1, -0.05) is 0 Å². The second-order valence-corrected chi connectivity index (χ2v) is 4.00. The summed E-state index contributed by atoms with van der Waals surface area (Å²) in [4.78, 5) is 9.96. The maximum absolute atomic E-state index is 9.96. The molecule has 1 saturated carbocycles. The van der Waals surface area contributed by atoms with Crippen LogP contribution in [0.25, 0.3) is 0 Å². The summed E-state index contributed by atoms with van der Waals surface area (Å²) in [6, 6.07) is 0. The largest absolute Gasteiger partial charge is 0.348 e. The molecule has 3 heteroatoms. The van der Waals surface area contributed by atoms with Crippen molar-refractivity contribution in [2.24, 2.45) is 17.8 Å². The minimum Gasteiger partial charge on any atom is -0.348 e. The lowest BCUT2D eigenvalue weighted by molar-refractivity contribution is 0.470. The van der Waals surface area contributed by atoms with Crippen LogP contribution >= 0.6 is 0 Å². The summed E-state index contributed by atoms with van der Waals surface area (Å²) < 4.78 is 0. The first-order chi connectivity index (χ1) is 5.90. The number of nitrogens with one attached hydrogen (secondary N) is 2. The predicted octanol–water partition coefficient (Wildman–Crippen LogP) is -0.111. The molecule has 0 aromatic rings. The number of carbonyl (C=O) groups excluding carboxylic acids is 1. The Morgan fingerprint density at radius 2 is 2.00 bits per heavy atom. The van der Waals surface area contributed by atoms with E-state index in [-0.39, 0.29) is 0 Å². The van der Waals surface area contributed by atoms with Crippen molar-refractivity contribution >= 4 is 6.41 Å². The van der Waals surface area contributed by atoms with Crippen molar-refractivity contribution in [2.45, 2.75) is 12.8 Å². The minimum atomic E-state index is 0.712. The van der Waals surface area contributed by atoms with E-state index in [9.17, 15) is 4.79 Å². The molecule has 0 unspecified atom stereocenters. The van der Waals surface area contributed by atoms with E-state index in [1.807, 2.05) is 0 Å². The van der Waals surface area contributed by atoms with Gasteiger partial charge in [0, 0.05) is 6.54 Å². The number of fused-ring (bicyclic) bond motifs is 1. The number of rotatable bonds is 3. The lowest BCUT2D eigenvalue weighted by Crippen LogP contribution is -2.21. The maximum atomic E-state index is 9.96. The molecule has 1 amide bonds. The molecule has 3 nitrogen and oxygen atoms in total. The fourth-order valence-corrected chi connectivity index (χ4v) is 2.64. The fourth-order valence-electron chi connectivity index (χ4n) is 2.64. The second kappa shape index (κ2) is 3.44. The Balaban J connectivity index is 1.78. The van der Waals surface area contributed by atoms with Gasteiger partial charge >= 0.3 is 6.41 Å². The Kier molecular flexibility index (Phi) is 2.30. The molecule has 1 saturated heterocycles. The molecule has 2 rings (SSSR count). The Bertz CT molecular complexity index is 160. The summed E-state index contributed by atoms with van der Waals surface area (Å²) in [5, 5.41) is 6.06. The first kappa shape index (κ1) is 8.05. The molecule has 1 aliphatic heterocycles. The molecule has 3 atom stereocenters. The van der Waals surface area contributed by atoms with Crippen molar-refractivity contribution in [1.82, 2.24) is 10.6 Å². The van der Waals surface area contributed by atoms with Gasteiger partial charge in [-0.25, -0.2) is 0 Å². The average Bonchev–Trinajstić information content (AvgIpc) is 2.58. The van der Waals surface area contributed by atoms with Crippen LogP contribution < -0.4 is 10.6 Å². The van der Waals surface area contributed by atoms with Gasteiger partial charge < -0.3 is 10.6 Å². The normalized spacial score (nSPS) is 39.5. The van der Waals surface area contributed by atoms with Crippen LogP contribution in [0.1, 0.15) is 12.8 Å². The summed E-state index contributed by atoms with van der Waals surface area (Å²) in [6.07, 6.45) is 4.31. The van der Waals surface area contributed by atoms with Gasteiger partial charge in [-0.2, -0.15) is 0 Å². The summed E-state index contributed by atoms with van der Waals surface area (Å²) in [7, 11) is 0. The molecule has 0 bridgehead atoms. The molecule has 0 spiro atoms. The van der Waals surface area contributed by atoms with E-state index in [1.165, 1.54) is 25.9 Å². The highest BCUT2D eigenvalue weighted by Crippen LogP contribution is 2.37. The van der Waals surface area contributed by atoms with Gasteiger partial charge in [-0.3, -0.25) is 4.79 Å². The fraction of sp³-hybridized carbons (Fsp3) is 0.889. The van der Waals surface area contributed by atoms with Crippen LogP contribution in [0.2, 0.25) is 0 Å². The van der Waals surface area contributed by atoms with Crippen LogP contribution in [0.15, 0.2) is 0 Å². The van der Waals surface area contributed by atoms with E-state index < -0.39 is 0 Å². The molecule has 12 heavy (non-hydrogen) atoms. The summed E-state index contributed by atoms with van der Waals surface area (Å²) in [5.74, 6) is 2.47. The molecule has 2 aliphatic rings. The molecule has 0 aromatic heterocycles. The smallest absolute Gasteiger partial charge is 0.309 e. The van der Waals surface area contributed by atoms with E-state index in [1.54, 1.807) is 6.41 Å². The highest BCUT2D eigenvalue weighted by Gasteiger charge is 2.36. The lowest BCUT2D eigenvalue weighted by Gasteiger charge is -2.08. The zero-order valence-electron chi connectivity index (χ0n) is 7.18. The van der Waals surface area contributed by atoms with Crippen molar-refractivity contribution in [1.29, 1.82) is 0 Å². The highest BCUT2D eigenvalue weighted by molar-refractivity contribution is 5.46. The van der Waals surface area contributed by atoms with Gasteiger partial charge in [0.1, 0.15) is 0 Å². The van der Waals surface area contributed by atoms with E-state index in [0.29, 0.717) is 5.92 Å². The number of hydrogen-bond acceptors (Lipinski definition) is 2. The molecule has 1 radical (unpaired) electrons. The first-order valence-corrected chi connectivity index (χ1v) is 4.71. The van der Waals surface area contributed by atoms with E-state index >= 15 is 0 Å². The molecule has 2 N–H and O–H groups in total. The van der Waals surface area contributed by atoms with Crippen LogP contribution in [0.5, 0.6) is 0 Å². The predicted molar refractivity (Wildman–Crippen MR) is 46.3 cm³/mol. The van der Waals surface area contributed by atoms with Gasteiger partial charge in [0.25, 0.3) is 0 Å². The van der Waals surface area contributed by atoms with E-state index in [4.69, 9.17) is 0 Å². The SMILES string of the molecule is O=[C]NC[C@@H]1C[C@H]2CNC[C@H]2C1. The molecule has 67 valence electrons. The second-order valence-electron chi connectivity index (χ2n) is 4.00. The standard InChI is InChI=1S/C9H15N2O/c12-6-11-3-7-1-8-4-10-5-9(8)2-7/h7-10H,1-5H2,(H,11,12)/t7-,8+,9-. The molecular formula is C9H15N2O. The van der Waals surface area contributed by atoms with Gasteiger partial charge in [0.05, 0.1) is 0 Å². The third-order valence-corrected chi connectivity index (χ3v) is 3.21.